The van der Waals surface area contributed by atoms with Gasteiger partial charge < -0.3 is 5.11 Å². The number of hydrogen-bond donors (Lipinski definition) is 1. The summed E-state index contributed by atoms with van der Waals surface area (Å²) in [5.41, 5.74) is 4.20. The molecule has 7 heteroatoms. The van der Waals surface area contributed by atoms with Crippen LogP contribution in [0.3, 0.4) is 0 Å². The second-order valence-corrected chi connectivity index (χ2v) is 6.72. The Hall–Kier alpha value is -3.25. The topological polar surface area (TPSA) is 80.9 Å². The Kier molecular flexibility index (Phi) is 4.12. The number of carboxylic acid groups (broad SMARTS) is 1. The highest BCUT2D eigenvalue weighted by atomic mass is 35.5. The minimum absolute atomic E-state index is 0.176. The summed E-state index contributed by atoms with van der Waals surface area (Å²) in [6.45, 7) is 3.76. The van der Waals surface area contributed by atoms with E-state index in [0.29, 0.717) is 32.9 Å². The Labute approximate surface area is 160 Å². The normalized spacial score (nSPS) is 11.1. The lowest BCUT2D eigenvalue weighted by atomic mass is 9.99. The van der Waals surface area contributed by atoms with Crippen LogP contribution in [0.15, 0.2) is 48.7 Å². The number of carbonyl (C=O) groups is 1. The van der Waals surface area contributed by atoms with Crippen LogP contribution in [-0.4, -0.2) is 31.1 Å². The molecule has 1 N–H and O–H groups in total. The SMILES string of the molecule is Cc1ccc2ncc(-c3nnn(-c4ccc(Cl)cc4)c3C)c(C(=O)O)c2c1. The standard InChI is InChI=1S/C20H15ClN4O2/c1-11-3-8-17-15(9-11)18(20(26)27)16(10-22-17)19-12(2)25(24-23-19)14-6-4-13(21)5-7-14/h3-10H,1-2H3,(H,26,27). The van der Waals surface area contributed by atoms with Crippen molar-refractivity contribution in [1.29, 1.82) is 0 Å². The molecule has 4 aromatic rings. The highest BCUT2D eigenvalue weighted by molar-refractivity contribution is 6.30. The van der Waals surface area contributed by atoms with E-state index in [0.717, 1.165) is 11.3 Å². The van der Waals surface area contributed by atoms with Crippen molar-refractivity contribution in [1.82, 2.24) is 20.0 Å². The van der Waals surface area contributed by atoms with Crippen molar-refractivity contribution in [3.63, 3.8) is 0 Å². The molecule has 6 nitrogen and oxygen atoms in total. The molecular formula is C20H15ClN4O2. The molecule has 0 radical (unpaired) electrons. The number of hydrogen-bond acceptors (Lipinski definition) is 4. The summed E-state index contributed by atoms with van der Waals surface area (Å²) in [6.07, 6.45) is 1.55. The molecule has 0 saturated heterocycles. The Morgan fingerprint density at radius 2 is 1.85 bits per heavy atom. The molecule has 0 aliphatic heterocycles. The van der Waals surface area contributed by atoms with Gasteiger partial charge >= 0.3 is 5.97 Å². The number of fused-ring (bicyclic) bond motifs is 1. The average Bonchev–Trinajstić information content (AvgIpc) is 3.02. The lowest BCUT2D eigenvalue weighted by molar-refractivity contribution is 0.0699. The average molecular weight is 379 g/mol. The number of aromatic carboxylic acids is 1. The van der Waals surface area contributed by atoms with Gasteiger partial charge in [0.25, 0.3) is 0 Å². The summed E-state index contributed by atoms with van der Waals surface area (Å²) in [5, 5.41) is 19.5. The molecule has 2 heterocycles. The summed E-state index contributed by atoms with van der Waals surface area (Å²) in [7, 11) is 0. The van der Waals surface area contributed by atoms with E-state index >= 15 is 0 Å². The third-order valence-electron chi connectivity index (χ3n) is 4.46. The second-order valence-electron chi connectivity index (χ2n) is 6.28. The maximum absolute atomic E-state index is 12.0. The zero-order chi connectivity index (χ0) is 19.1. The molecule has 0 spiro atoms. The van der Waals surface area contributed by atoms with Gasteiger partial charge in [-0.3, -0.25) is 4.98 Å². The van der Waals surface area contributed by atoms with Gasteiger partial charge in [-0.2, -0.15) is 0 Å². The first kappa shape index (κ1) is 17.2. The molecule has 0 fully saturated rings. The molecule has 0 aliphatic carbocycles. The van der Waals surface area contributed by atoms with Crippen LogP contribution >= 0.6 is 11.6 Å². The Morgan fingerprint density at radius 1 is 1.11 bits per heavy atom. The monoisotopic (exact) mass is 378 g/mol. The van der Waals surface area contributed by atoms with Gasteiger partial charge in [0.15, 0.2) is 0 Å². The van der Waals surface area contributed by atoms with Crippen molar-refractivity contribution in [2.75, 3.05) is 0 Å². The van der Waals surface area contributed by atoms with Crippen molar-refractivity contribution < 1.29 is 9.90 Å². The molecule has 27 heavy (non-hydrogen) atoms. The number of carboxylic acids is 1. The maximum atomic E-state index is 12.0. The fourth-order valence-corrected chi connectivity index (χ4v) is 3.25. The second kappa shape index (κ2) is 6.48. The van der Waals surface area contributed by atoms with E-state index in [1.54, 1.807) is 23.0 Å². The van der Waals surface area contributed by atoms with Crippen LogP contribution in [0.2, 0.25) is 5.02 Å². The van der Waals surface area contributed by atoms with E-state index < -0.39 is 5.97 Å². The molecule has 2 aromatic carbocycles. The van der Waals surface area contributed by atoms with Gasteiger partial charge in [0.1, 0.15) is 5.69 Å². The number of benzene rings is 2. The zero-order valence-corrected chi connectivity index (χ0v) is 15.4. The summed E-state index contributed by atoms with van der Waals surface area (Å²) < 4.78 is 1.65. The fraction of sp³-hybridized carbons (Fsp3) is 0.100. The van der Waals surface area contributed by atoms with E-state index in [2.05, 4.69) is 15.3 Å². The predicted molar refractivity (Wildman–Crippen MR) is 104 cm³/mol. The Balaban J connectivity index is 1.94. The van der Waals surface area contributed by atoms with Crippen LogP contribution in [0, 0.1) is 13.8 Å². The summed E-state index contributed by atoms with van der Waals surface area (Å²) in [5.74, 6) is -1.02. The first-order chi connectivity index (χ1) is 13.0. The number of aromatic nitrogens is 4. The largest absolute Gasteiger partial charge is 0.478 e. The number of halogens is 1. The molecule has 134 valence electrons. The van der Waals surface area contributed by atoms with Crippen LogP contribution in [-0.2, 0) is 0 Å². The van der Waals surface area contributed by atoms with E-state index in [-0.39, 0.29) is 5.56 Å². The number of pyridine rings is 1. The third-order valence-corrected chi connectivity index (χ3v) is 4.71. The minimum atomic E-state index is -1.02. The van der Waals surface area contributed by atoms with Crippen LogP contribution in [0.4, 0.5) is 0 Å². The molecule has 2 aromatic heterocycles. The van der Waals surface area contributed by atoms with Gasteiger partial charge in [-0.1, -0.05) is 28.4 Å². The highest BCUT2D eigenvalue weighted by Gasteiger charge is 2.22. The summed E-state index contributed by atoms with van der Waals surface area (Å²) in [4.78, 5) is 16.5. The van der Waals surface area contributed by atoms with Crippen LogP contribution in [0.1, 0.15) is 21.6 Å². The molecule has 0 amide bonds. The number of aryl methyl sites for hydroxylation is 1. The quantitative estimate of drug-likeness (QED) is 0.569. The van der Waals surface area contributed by atoms with Gasteiger partial charge in [-0.25, -0.2) is 9.48 Å². The Bertz CT molecular complexity index is 1180. The molecule has 0 saturated carbocycles. The Morgan fingerprint density at radius 3 is 2.56 bits per heavy atom. The van der Waals surface area contributed by atoms with Crippen molar-refractivity contribution in [2.24, 2.45) is 0 Å². The van der Waals surface area contributed by atoms with E-state index in [1.807, 2.05) is 44.2 Å². The van der Waals surface area contributed by atoms with Gasteiger partial charge in [-0.05, 0) is 50.2 Å². The van der Waals surface area contributed by atoms with Crippen molar-refractivity contribution in [3.8, 4) is 16.9 Å². The molecule has 0 unspecified atom stereocenters. The van der Waals surface area contributed by atoms with Gasteiger partial charge in [-0.15, -0.1) is 5.10 Å². The smallest absolute Gasteiger partial charge is 0.337 e. The molecule has 4 rings (SSSR count). The predicted octanol–water partition coefficient (Wildman–Crippen LogP) is 4.45. The van der Waals surface area contributed by atoms with Gasteiger partial charge in [0.2, 0.25) is 0 Å². The number of nitrogens with zero attached hydrogens (tertiary/aromatic N) is 4. The number of rotatable bonds is 3. The summed E-state index contributed by atoms with van der Waals surface area (Å²) >= 11 is 5.95. The zero-order valence-electron chi connectivity index (χ0n) is 14.6. The van der Waals surface area contributed by atoms with Gasteiger partial charge in [0.05, 0.1) is 22.5 Å². The van der Waals surface area contributed by atoms with Crippen LogP contribution in [0.25, 0.3) is 27.8 Å². The third kappa shape index (κ3) is 2.94. The van der Waals surface area contributed by atoms with Crippen molar-refractivity contribution in [2.45, 2.75) is 13.8 Å². The van der Waals surface area contributed by atoms with Crippen LogP contribution in [0.5, 0.6) is 0 Å². The molecular weight excluding hydrogens is 364 g/mol. The highest BCUT2D eigenvalue weighted by Crippen LogP contribution is 2.31. The van der Waals surface area contributed by atoms with E-state index in [4.69, 9.17) is 11.6 Å². The fourth-order valence-electron chi connectivity index (χ4n) is 3.12. The maximum Gasteiger partial charge on any atom is 0.337 e. The van der Waals surface area contributed by atoms with E-state index in [9.17, 15) is 9.90 Å². The first-order valence-corrected chi connectivity index (χ1v) is 8.65. The lowest BCUT2D eigenvalue weighted by Gasteiger charge is -2.09. The van der Waals surface area contributed by atoms with Gasteiger partial charge in [0, 0.05) is 22.2 Å². The molecule has 0 bridgehead atoms. The van der Waals surface area contributed by atoms with Crippen molar-refractivity contribution in [3.05, 3.63) is 70.5 Å². The minimum Gasteiger partial charge on any atom is -0.478 e. The first-order valence-electron chi connectivity index (χ1n) is 8.27. The van der Waals surface area contributed by atoms with E-state index in [1.165, 1.54) is 0 Å². The lowest BCUT2D eigenvalue weighted by Crippen LogP contribution is -2.04. The molecule has 0 atom stereocenters. The van der Waals surface area contributed by atoms with Crippen LogP contribution < -0.4 is 0 Å². The summed E-state index contributed by atoms with van der Waals surface area (Å²) in [6, 6.07) is 12.7. The molecule has 0 aliphatic rings. The van der Waals surface area contributed by atoms with Crippen molar-refractivity contribution >= 4 is 28.5 Å².